The molecule has 122 valence electrons. The Labute approximate surface area is 141 Å². The molecule has 0 aromatic heterocycles. The van der Waals surface area contributed by atoms with Crippen LogP contribution in [-0.4, -0.2) is 19.1 Å². The van der Waals surface area contributed by atoms with Crippen molar-refractivity contribution in [1.29, 1.82) is 0 Å². The van der Waals surface area contributed by atoms with Crippen LogP contribution in [0, 0.1) is 5.92 Å². The van der Waals surface area contributed by atoms with Gasteiger partial charge in [-0.15, -0.1) is 0 Å². The van der Waals surface area contributed by atoms with Gasteiger partial charge >= 0.3 is 0 Å². The van der Waals surface area contributed by atoms with Crippen molar-refractivity contribution < 1.29 is 9.53 Å². The fourth-order valence-corrected chi connectivity index (χ4v) is 2.13. The van der Waals surface area contributed by atoms with E-state index in [4.69, 9.17) is 16.3 Å². The maximum absolute atomic E-state index is 12.0. The number of anilines is 2. The van der Waals surface area contributed by atoms with Crippen LogP contribution in [-0.2, 0) is 4.79 Å². The lowest BCUT2D eigenvalue weighted by atomic mass is 10.2. The Morgan fingerprint density at radius 3 is 2.70 bits per heavy atom. The van der Waals surface area contributed by atoms with Crippen molar-refractivity contribution in [2.24, 2.45) is 5.92 Å². The van der Waals surface area contributed by atoms with Gasteiger partial charge in [0.2, 0.25) is 5.91 Å². The standard InChI is InChI=1S/C18H21ClN2O2/c1-13(2)12-23-17-9-4-3-8-16(17)20-11-18(22)21-15-7-5-6-14(19)10-15/h3-10,13,20H,11-12H2,1-2H3,(H,21,22). The molecule has 2 aromatic carbocycles. The van der Waals surface area contributed by atoms with E-state index in [1.54, 1.807) is 24.3 Å². The predicted molar refractivity (Wildman–Crippen MR) is 95.3 cm³/mol. The van der Waals surface area contributed by atoms with Crippen molar-refractivity contribution in [2.45, 2.75) is 13.8 Å². The van der Waals surface area contributed by atoms with Crippen molar-refractivity contribution in [3.63, 3.8) is 0 Å². The zero-order valence-electron chi connectivity index (χ0n) is 13.3. The molecule has 4 nitrogen and oxygen atoms in total. The average Bonchev–Trinajstić information content (AvgIpc) is 2.51. The Morgan fingerprint density at radius 2 is 1.96 bits per heavy atom. The summed E-state index contributed by atoms with van der Waals surface area (Å²) in [5, 5.41) is 6.48. The predicted octanol–water partition coefficient (Wildman–Crippen LogP) is 4.43. The van der Waals surface area contributed by atoms with Gasteiger partial charge in [0, 0.05) is 10.7 Å². The molecule has 0 aliphatic carbocycles. The molecule has 2 N–H and O–H groups in total. The topological polar surface area (TPSA) is 50.4 Å². The molecule has 2 rings (SSSR count). The van der Waals surface area contributed by atoms with Crippen LogP contribution in [0.1, 0.15) is 13.8 Å². The lowest BCUT2D eigenvalue weighted by Crippen LogP contribution is -2.22. The third-order valence-electron chi connectivity index (χ3n) is 3.01. The molecule has 0 bridgehead atoms. The molecular weight excluding hydrogens is 312 g/mol. The maximum atomic E-state index is 12.0. The van der Waals surface area contributed by atoms with Crippen LogP contribution >= 0.6 is 11.6 Å². The number of hydrogen-bond donors (Lipinski definition) is 2. The molecule has 0 saturated heterocycles. The summed E-state index contributed by atoms with van der Waals surface area (Å²) >= 11 is 5.90. The van der Waals surface area contributed by atoms with Gasteiger partial charge in [0.1, 0.15) is 5.75 Å². The fourth-order valence-electron chi connectivity index (χ4n) is 1.94. The molecule has 0 radical (unpaired) electrons. The number of amides is 1. The van der Waals surface area contributed by atoms with E-state index < -0.39 is 0 Å². The molecule has 5 heteroatoms. The third-order valence-corrected chi connectivity index (χ3v) is 3.24. The van der Waals surface area contributed by atoms with E-state index in [-0.39, 0.29) is 12.5 Å². The van der Waals surface area contributed by atoms with Crippen molar-refractivity contribution in [3.8, 4) is 5.75 Å². The molecule has 0 heterocycles. The van der Waals surface area contributed by atoms with Gasteiger partial charge in [-0.05, 0) is 36.2 Å². The molecule has 23 heavy (non-hydrogen) atoms. The van der Waals surface area contributed by atoms with Gasteiger partial charge in [0.25, 0.3) is 0 Å². The Hall–Kier alpha value is -2.20. The number of para-hydroxylation sites is 2. The fraction of sp³-hybridized carbons (Fsp3) is 0.278. The first-order valence-corrected chi connectivity index (χ1v) is 7.93. The molecule has 1 amide bonds. The first kappa shape index (κ1) is 17.2. The summed E-state index contributed by atoms with van der Waals surface area (Å²) in [5.74, 6) is 1.04. The minimum atomic E-state index is -0.147. The molecule has 0 fully saturated rings. The van der Waals surface area contributed by atoms with E-state index in [9.17, 15) is 4.79 Å². The van der Waals surface area contributed by atoms with E-state index in [0.29, 0.717) is 23.2 Å². The highest BCUT2D eigenvalue weighted by molar-refractivity contribution is 6.30. The molecule has 0 aliphatic heterocycles. The van der Waals surface area contributed by atoms with Crippen LogP contribution in [0.15, 0.2) is 48.5 Å². The number of hydrogen-bond acceptors (Lipinski definition) is 3. The minimum Gasteiger partial charge on any atom is -0.491 e. The summed E-state index contributed by atoms with van der Waals surface area (Å²) in [4.78, 5) is 12.0. The summed E-state index contributed by atoms with van der Waals surface area (Å²) in [6.07, 6.45) is 0. The number of ether oxygens (including phenoxy) is 1. The van der Waals surface area contributed by atoms with E-state index in [1.165, 1.54) is 0 Å². The number of benzene rings is 2. The number of halogens is 1. The molecule has 0 aliphatic rings. The van der Waals surface area contributed by atoms with Gasteiger partial charge in [-0.1, -0.05) is 43.6 Å². The number of nitrogens with one attached hydrogen (secondary N) is 2. The maximum Gasteiger partial charge on any atom is 0.243 e. The molecule has 0 unspecified atom stereocenters. The van der Waals surface area contributed by atoms with Gasteiger partial charge in [-0.25, -0.2) is 0 Å². The van der Waals surface area contributed by atoms with E-state index in [0.717, 1.165) is 11.4 Å². The number of carbonyl (C=O) groups is 1. The monoisotopic (exact) mass is 332 g/mol. The number of carbonyl (C=O) groups excluding carboxylic acids is 1. The summed E-state index contributed by atoms with van der Waals surface area (Å²) in [6, 6.07) is 14.6. The summed E-state index contributed by atoms with van der Waals surface area (Å²) < 4.78 is 5.75. The lowest BCUT2D eigenvalue weighted by Gasteiger charge is -2.14. The molecule has 0 atom stereocenters. The largest absolute Gasteiger partial charge is 0.491 e. The highest BCUT2D eigenvalue weighted by atomic mass is 35.5. The second-order valence-electron chi connectivity index (χ2n) is 5.61. The Morgan fingerprint density at radius 1 is 1.17 bits per heavy atom. The zero-order valence-corrected chi connectivity index (χ0v) is 14.1. The smallest absolute Gasteiger partial charge is 0.243 e. The molecular formula is C18H21ClN2O2. The second-order valence-corrected chi connectivity index (χ2v) is 6.05. The Balaban J connectivity index is 1.91. The zero-order chi connectivity index (χ0) is 16.7. The summed E-state index contributed by atoms with van der Waals surface area (Å²) in [6.45, 7) is 4.96. The van der Waals surface area contributed by atoms with Crippen LogP contribution < -0.4 is 15.4 Å². The quantitative estimate of drug-likeness (QED) is 0.788. The van der Waals surface area contributed by atoms with Gasteiger partial charge in [0.15, 0.2) is 0 Å². The highest BCUT2D eigenvalue weighted by Gasteiger charge is 2.07. The second kappa shape index (κ2) is 8.44. The van der Waals surface area contributed by atoms with Crippen molar-refractivity contribution in [2.75, 3.05) is 23.8 Å². The van der Waals surface area contributed by atoms with Crippen LogP contribution in [0.25, 0.3) is 0 Å². The Bertz CT molecular complexity index is 659. The van der Waals surface area contributed by atoms with Crippen LogP contribution in [0.2, 0.25) is 5.02 Å². The Kier molecular flexibility index (Phi) is 6.29. The van der Waals surface area contributed by atoms with Gasteiger partial charge < -0.3 is 15.4 Å². The highest BCUT2D eigenvalue weighted by Crippen LogP contribution is 2.24. The van der Waals surface area contributed by atoms with Gasteiger partial charge in [-0.2, -0.15) is 0 Å². The molecule has 0 saturated carbocycles. The first-order valence-electron chi connectivity index (χ1n) is 7.55. The SMILES string of the molecule is CC(C)COc1ccccc1NCC(=O)Nc1cccc(Cl)c1. The molecule has 0 spiro atoms. The van der Waals surface area contributed by atoms with E-state index in [2.05, 4.69) is 24.5 Å². The minimum absolute atomic E-state index is 0.147. The molecule has 2 aromatic rings. The van der Waals surface area contributed by atoms with Crippen molar-refractivity contribution in [3.05, 3.63) is 53.6 Å². The first-order chi connectivity index (χ1) is 11.0. The third kappa shape index (κ3) is 5.83. The summed E-state index contributed by atoms with van der Waals surface area (Å²) in [7, 11) is 0. The van der Waals surface area contributed by atoms with E-state index >= 15 is 0 Å². The van der Waals surface area contributed by atoms with Crippen molar-refractivity contribution >= 4 is 28.9 Å². The van der Waals surface area contributed by atoms with Crippen molar-refractivity contribution in [1.82, 2.24) is 0 Å². The van der Waals surface area contributed by atoms with Crippen LogP contribution in [0.5, 0.6) is 5.75 Å². The normalized spacial score (nSPS) is 10.4. The average molecular weight is 333 g/mol. The van der Waals surface area contributed by atoms with E-state index in [1.807, 2.05) is 24.3 Å². The summed E-state index contributed by atoms with van der Waals surface area (Å²) in [5.41, 5.74) is 1.48. The van der Waals surface area contributed by atoms with Gasteiger partial charge in [-0.3, -0.25) is 4.79 Å². The lowest BCUT2D eigenvalue weighted by molar-refractivity contribution is -0.114. The van der Waals surface area contributed by atoms with Gasteiger partial charge in [0.05, 0.1) is 18.8 Å². The van der Waals surface area contributed by atoms with Crippen LogP contribution in [0.3, 0.4) is 0 Å². The van der Waals surface area contributed by atoms with Crippen LogP contribution in [0.4, 0.5) is 11.4 Å². The number of rotatable bonds is 7.